The average Bonchev–Trinajstić information content (AvgIpc) is 3.36. The van der Waals surface area contributed by atoms with Gasteiger partial charge in [0.25, 0.3) is 0 Å². The van der Waals surface area contributed by atoms with Crippen LogP contribution in [0.5, 0.6) is 0 Å². The van der Waals surface area contributed by atoms with Crippen molar-refractivity contribution in [1.82, 2.24) is 29.9 Å². The Bertz CT molecular complexity index is 2830. The van der Waals surface area contributed by atoms with Crippen molar-refractivity contribution >= 4 is 48.1 Å². The number of anilines is 3. The van der Waals surface area contributed by atoms with Gasteiger partial charge in [0.15, 0.2) is 0 Å². The first-order valence-corrected chi connectivity index (χ1v) is 29.4. The van der Waals surface area contributed by atoms with Crippen LogP contribution in [0.25, 0.3) is 0 Å². The SMILES string of the molecule is C#C[Si](C)(C)C.C#Cc1ccc(CN(CC(C)(C)C)c2ccnc(C#N)n2)cc1.CC(C)(C)CN(Cc1ccc(I)cc1)c1ccnc(C#N)n1.CCC1C=CC(CN(CC(C)(C)C)c2ccnc(C#N)n2)=CC1. The zero-order valence-corrected chi connectivity index (χ0v) is 49.1. The molecule has 5 aromatic rings. The van der Waals surface area contributed by atoms with Crippen molar-refractivity contribution in [2.45, 2.75) is 115 Å². The molecule has 0 spiro atoms. The van der Waals surface area contributed by atoms with E-state index in [0.29, 0.717) is 12.5 Å². The van der Waals surface area contributed by atoms with Crippen molar-refractivity contribution in [3.05, 3.63) is 147 Å². The number of nitriles is 3. The smallest absolute Gasteiger partial charge is 0.234 e. The van der Waals surface area contributed by atoms with Gasteiger partial charge in [0.1, 0.15) is 43.7 Å². The van der Waals surface area contributed by atoms with Gasteiger partial charge in [0.05, 0.1) is 0 Å². The van der Waals surface area contributed by atoms with Crippen molar-refractivity contribution in [2.75, 3.05) is 40.9 Å². The third kappa shape index (κ3) is 24.2. The van der Waals surface area contributed by atoms with Crippen LogP contribution in [0, 0.1) is 84.0 Å². The second-order valence-corrected chi connectivity index (χ2v) is 28.7. The summed E-state index contributed by atoms with van der Waals surface area (Å²) < 4.78 is 1.22. The Morgan fingerprint density at radius 3 is 1.26 bits per heavy atom. The number of nitrogens with zero attached hydrogens (tertiary/aromatic N) is 12. The van der Waals surface area contributed by atoms with Gasteiger partial charge in [0, 0.05) is 67.0 Å². The minimum Gasteiger partial charge on any atom is -0.352 e. The molecule has 0 amide bonds. The molecule has 2 aromatic carbocycles. The first kappa shape index (κ1) is 61.4. The molecule has 12 nitrogen and oxygen atoms in total. The molecule has 0 radical (unpaired) electrons. The van der Waals surface area contributed by atoms with Crippen LogP contribution in [0.2, 0.25) is 19.6 Å². The van der Waals surface area contributed by atoms with E-state index in [0.717, 1.165) is 67.7 Å². The minimum absolute atomic E-state index is 0.0938. The molecule has 1 aliphatic carbocycles. The zero-order valence-electron chi connectivity index (χ0n) is 45.9. The number of rotatable bonds is 13. The molecule has 1 aliphatic rings. The molecule has 386 valence electrons. The van der Waals surface area contributed by atoms with E-state index in [1.54, 1.807) is 18.6 Å². The molecule has 14 heteroatoms. The van der Waals surface area contributed by atoms with Crippen molar-refractivity contribution in [3.63, 3.8) is 0 Å². The van der Waals surface area contributed by atoms with E-state index < -0.39 is 8.07 Å². The normalized spacial score (nSPS) is 12.9. The lowest BCUT2D eigenvalue weighted by Crippen LogP contribution is -2.35. The molecule has 0 fully saturated rings. The summed E-state index contributed by atoms with van der Waals surface area (Å²) in [5.41, 5.74) is 7.65. The first-order chi connectivity index (χ1) is 34.7. The van der Waals surface area contributed by atoms with Crippen LogP contribution in [0.3, 0.4) is 0 Å². The van der Waals surface area contributed by atoms with Crippen molar-refractivity contribution in [1.29, 1.82) is 15.8 Å². The van der Waals surface area contributed by atoms with Crippen LogP contribution in [0.1, 0.15) is 116 Å². The number of halogens is 1. The molecule has 0 N–H and O–H groups in total. The van der Waals surface area contributed by atoms with Gasteiger partial charge in [-0.15, -0.1) is 18.4 Å². The molecule has 74 heavy (non-hydrogen) atoms. The maximum atomic E-state index is 9.04. The maximum absolute atomic E-state index is 9.04. The van der Waals surface area contributed by atoms with Crippen LogP contribution in [0.15, 0.2) is 109 Å². The number of benzene rings is 2. The maximum Gasteiger partial charge on any atom is 0.234 e. The molecule has 0 bridgehead atoms. The topological polar surface area (TPSA) is 158 Å². The minimum atomic E-state index is -1.10. The predicted molar refractivity (Wildman–Crippen MR) is 314 cm³/mol. The summed E-state index contributed by atoms with van der Waals surface area (Å²) in [7, 11) is -1.10. The highest BCUT2D eigenvalue weighted by Gasteiger charge is 2.22. The monoisotopic (exact) mass is 1120 g/mol. The highest BCUT2D eigenvalue weighted by molar-refractivity contribution is 14.1. The summed E-state index contributed by atoms with van der Waals surface area (Å²) >= 11 is 2.30. The van der Waals surface area contributed by atoms with Gasteiger partial charge in [-0.05, 0) is 117 Å². The Kier molecular flexibility index (Phi) is 24.1. The molecule has 0 saturated carbocycles. The van der Waals surface area contributed by atoms with Gasteiger partial charge in [0.2, 0.25) is 17.5 Å². The molecule has 6 rings (SSSR count). The standard InChI is InChI=1S/C19H26N4.C19H20N4.C17H19IN4.C5H10Si/c2*1-5-15-6-8-16(9-7-15)13-23(14-19(2,3)4)18-10-11-21-17(12-20)22-18;1-17(2,3)12-22(11-13-4-6-14(18)7-5-13)16-8-9-20-15(10-19)21-16;1-5-6(2,3)4/h6,8-11,15H,5,7,13-14H2,1-4H3;1,6-11H,13-14H2,2-4H3;4-9H,11-12H2,1-3H3;1H,2-4H3. The second kappa shape index (κ2) is 29.1. The van der Waals surface area contributed by atoms with Crippen LogP contribution < -0.4 is 14.7 Å². The molecular weight excluding hydrogens is 1040 g/mol. The van der Waals surface area contributed by atoms with Crippen LogP contribution in [-0.2, 0) is 13.1 Å². The molecular formula is C60H75IN12Si. The van der Waals surface area contributed by atoms with E-state index in [2.05, 4.69) is 210 Å². The predicted octanol–water partition coefficient (Wildman–Crippen LogP) is 13.0. The number of hydrogen-bond donors (Lipinski definition) is 0. The van der Waals surface area contributed by atoms with Crippen molar-refractivity contribution in [3.8, 4) is 42.5 Å². The average molecular weight is 1120 g/mol. The quantitative estimate of drug-likeness (QED) is 0.0625. The molecule has 1 atom stereocenters. The Hall–Kier alpha value is -6.90. The lowest BCUT2D eigenvalue weighted by molar-refractivity contribution is 0.407. The molecule has 0 saturated heterocycles. The van der Waals surface area contributed by atoms with Gasteiger partial charge in [-0.2, -0.15) is 15.8 Å². The van der Waals surface area contributed by atoms with Gasteiger partial charge >= 0.3 is 0 Å². The van der Waals surface area contributed by atoms with E-state index in [4.69, 9.17) is 28.6 Å². The van der Waals surface area contributed by atoms with E-state index in [1.807, 2.05) is 60.7 Å². The fourth-order valence-corrected chi connectivity index (χ4v) is 7.55. The Labute approximate surface area is 458 Å². The van der Waals surface area contributed by atoms with Crippen LogP contribution in [-0.4, -0.2) is 64.2 Å². The van der Waals surface area contributed by atoms with Gasteiger partial charge in [-0.3, -0.25) is 0 Å². The summed E-state index contributed by atoms with van der Waals surface area (Å²) in [5.74, 6) is 6.27. The summed E-state index contributed by atoms with van der Waals surface area (Å²) in [4.78, 5) is 31.5. The third-order valence-corrected chi connectivity index (χ3v) is 12.2. The van der Waals surface area contributed by atoms with Gasteiger partial charge < -0.3 is 14.7 Å². The van der Waals surface area contributed by atoms with Crippen LogP contribution in [0.4, 0.5) is 17.5 Å². The van der Waals surface area contributed by atoms with Gasteiger partial charge in [-0.1, -0.05) is 137 Å². The zero-order chi connectivity index (χ0) is 55.1. The Balaban J connectivity index is 0.000000277. The van der Waals surface area contributed by atoms with Crippen LogP contribution >= 0.6 is 22.6 Å². The summed E-state index contributed by atoms with van der Waals surface area (Å²) in [6.45, 7) is 33.2. The summed E-state index contributed by atoms with van der Waals surface area (Å²) in [5, 5.41) is 27.1. The molecule has 3 heterocycles. The molecule has 1 unspecified atom stereocenters. The highest BCUT2D eigenvalue weighted by atomic mass is 127. The number of terminal acetylenes is 2. The largest absolute Gasteiger partial charge is 0.352 e. The lowest BCUT2D eigenvalue weighted by Gasteiger charge is -2.32. The number of hydrogen-bond acceptors (Lipinski definition) is 12. The first-order valence-electron chi connectivity index (χ1n) is 24.8. The van der Waals surface area contributed by atoms with Crippen molar-refractivity contribution < 1.29 is 0 Å². The van der Waals surface area contributed by atoms with Crippen molar-refractivity contribution in [2.24, 2.45) is 22.2 Å². The number of aromatic nitrogens is 6. The van der Waals surface area contributed by atoms with Gasteiger partial charge in [-0.25, -0.2) is 29.9 Å². The van der Waals surface area contributed by atoms with E-state index >= 15 is 0 Å². The molecule has 3 aromatic heterocycles. The Morgan fingerprint density at radius 2 is 0.959 bits per heavy atom. The lowest BCUT2D eigenvalue weighted by atomic mass is 9.93. The Morgan fingerprint density at radius 1 is 0.595 bits per heavy atom. The molecule has 0 aliphatic heterocycles. The van der Waals surface area contributed by atoms with E-state index in [-0.39, 0.29) is 33.7 Å². The fourth-order valence-electron chi connectivity index (χ4n) is 7.20. The highest BCUT2D eigenvalue weighted by Crippen LogP contribution is 2.26. The summed E-state index contributed by atoms with van der Waals surface area (Å²) in [6, 6.07) is 28.0. The third-order valence-electron chi connectivity index (χ3n) is 10.6. The fraction of sp³-hybridized carbons (Fsp3) is 0.417. The number of allylic oxidation sites excluding steroid dienone is 2. The summed E-state index contributed by atoms with van der Waals surface area (Å²) in [6.07, 6.45) is 24.6. The van der Waals surface area contributed by atoms with E-state index in [9.17, 15) is 0 Å². The second-order valence-electron chi connectivity index (χ2n) is 22.7. The van der Waals surface area contributed by atoms with E-state index in [1.165, 1.54) is 21.1 Å².